The maximum Gasteiger partial charge on any atom is 0.234 e. The molecule has 0 unspecified atom stereocenters. The van der Waals surface area contributed by atoms with Crippen molar-refractivity contribution in [2.24, 2.45) is 4.99 Å². The number of nitrogens with zero attached hydrogens (tertiary/aromatic N) is 1. The summed E-state index contributed by atoms with van der Waals surface area (Å²) in [5.74, 6) is 0.805. The van der Waals surface area contributed by atoms with Gasteiger partial charge in [0.15, 0.2) is 0 Å². The standard InChI is InChI=1S/C9H11NO3/c11-8-10-4-2-5-12-7-9-3-1-6-13-9/h1,3,6H,2,4-5,7H2. The van der Waals surface area contributed by atoms with Crippen LogP contribution in [-0.4, -0.2) is 19.2 Å². The van der Waals surface area contributed by atoms with E-state index in [-0.39, 0.29) is 0 Å². The van der Waals surface area contributed by atoms with Gasteiger partial charge in [-0.3, -0.25) is 0 Å². The fourth-order valence-corrected chi connectivity index (χ4v) is 0.859. The van der Waals surface area contributed by atoms with Crippen LogP contribution in [0, 0.1) is 0 Å². The van der Waals surface area contributed by atoms with Crippen LogP contribution in [0.3, 0.4) is 0 Å². The fourth-order valence-electron chi connectivity index (χ4n) is 0.859. The highest BCUT2D eigenvalue weighted by Gasteiger charge is 1.94. The Morgan fingerprint density at radius 3 is 3.23 bits per heavy atom. The number of rotatable bonds is 6. The van der Waals surface area contributed by atoms with E-state index in [1.54, 1.807) is 6.26 Å². The van der Waals surface area contributed by atoms with Gasteiger partial charge in [-0.05, 0) is 18.6 Å². The van der Waals surface area contributed by atoms with Crippen LogP contribution >= 0.6 is 0 Å². The van der Waals surface area contributed by atoms with Gasteiger partial charge in [0.2, 0.25) is 6.08 Å². The van der Waals surface area contributed by atoms with E-state index in [1.807, 2.05) is 12.1 Å². The Kier molecular flexibility index (Phi) is 4.61. The van der Waals surface area contributed by atoms with E-state index in [2.05, 4.69) is 4.99 Å². The molecule has 0 fully saturated rings. The maximum atomic E-state index is 9.68. The summed E-state index contributed by atoms with van der Waals surface area (Å²) in [4.78, 5) is 13.1. The molecule has 0 radical (unpaired) electrons. The highest BCUT2D eigenvalue weighted by atomic mass is 16.5. The van der Waals surface area contributed by atoms with Crippen molar-refractivity contribution in [3.8, 4) is 0 Å². The second-order valence-electron chi connectivity index (χ2n) is 2.46. The molecule has 0 amide bonds. The normalized spacial score (nSPS) is 9.54. The van der Waals surface area contributed by atoms with Crippen molar-refractivity contribution >= 4 is 6.08 Å². The second kappa shape index (κ2) is 6.17. The summed E-state index contributed by atoms with van der Waals surface area (Å²) in [6.45, 7) is 1.52. The van der Waals surface area contributed by atoms with Crippen LogP contribution in [0.25, 0.3) is 0 Å². The third kappa shape index (κ3) is 4.25. The molecule has 0 spiro atoms. The van der Waals surface area contributed by atoms with Crippen LogP contribution in [0.5, 0.6) is 0 Å². The largest absolute Gasteiger partial charge is 0.467 e. The zero-order valence-electron chi connectivity index (χ0n) is 7.23. The highest BCUT2D eigenvalue weighted by molar-refractivity contribution is 5.32. The highest BCUT2D eigenvalue weighted by Crippen LogP contribution is 2.01. The summed E-state index contributed by atoms with van der Waals surface area (Å²) in [6, 6.07) is 3.67. The van der Waals surface area contributed by atoms with Crippen molar-refractivity contribution in [1.29, 1.82) is 0 Å². The molecule has 70 valence electrons. The molecule has 1 aromatic rings. The predicted molar refractivity (Wildman–Crippen MR) is 46.0 cm³/mol. The van der Waals surface area contributed by atoms with Crippen molar-refractivity contribution in [3.05, 3.63) is 24.2 Å². The zero-order chi connectivity index (χ0) is 9.36. The van der Waals surface area contributed by atoms with Gasteiger partial charge >= 0.3 is 0 Å². The average molecular weight is 181 g/mol. The Morgan fingerprint density at radius 1 is 1.62 bits per heavy atom. The maximum absolute atomic E-state index is 9.68. The van der Waals surface area contributed by atoms with Gasteiger partial charge in [-0.2, -0.15) is 0 Å². The van der Waals surface area contributed by atoms with Crippen molar-refractivity contribution in [2.45, 2.75) is 13.0 Å². The van der Waals surface area contributed by atoms with E-state index in [9.17, 15) is 4.79 Å². The molecular formula is C9H11NO3. The molecule has 0 N–H and O–H groups in total. The molecule has 0 aliphatic rings. The number of carbonyl (C=O) groups excluding carboxylic acids is 1. The Balaban J connectivity index is 1.99. The lowest BCUT2D eigenvalue weighted by molar-refractivity contribution is 0.105. The quantitative estimate of drug-likeness (QED) is 0.380. The fraction of sp³-hybridized carbons (Fsp3) is 0.444. The summed E-state index contributed by atoms with van der Waals surface area (Å²) in [5.41, 5.74) is 0. The number of isocyanates is 1. The first-order valence-corrected chi connectivity index (χ1v) is 4.07. The lowest BCUT2D eigenvalue weighted by Gasteiger charge is -1.98. The minimum atomic E-state index is 0.470. The van der Waals surface area contributed by atoms with E-state index in [0.717, 1.165) is 12.2 Å². The SMILES string of the molecule is O=C=NCCCOCc1ccco1. The number of furan rings is 1. The monoisotopic (exact) mass is 181 g/mol. The van der Waals surface area contributed by atoms with Crippen LogP contribution in [0.15, 0.2) is 27.8 Å². The van der Waals surface area contributed by atoms with Gasteiger partial charge in [-0.15, -0.1) is 0 Å². The molecular weight excluding hydrogens is 170 g/mol. The molecule has 0 atom stereocenters. The first kappa shape index (κ1) is 9.71. The number of hydrogen-bond acceptors (Lipinski definition) is 4. The third-order valence-electron chi connectivity index (χ3n) is 1.45. The minimum Gasteiger partial charge on any atom is -0.467 e. The van der Waals surface area contributed by atoms with Crippen molar-refractivity contribution < 1.29 is 13.9 Å². The summed E-state index contributed by atoms with van der Waals surface area (Å²) in [5, 5.41) is 0. The minimum absolute atomic E-state index is 0.470. The summed E-state index contributed by atoms with van der Waals surface area (Å²) < 4.78 is 10.3. The molecule has 0 saturated heterocycles. The first-order chi connectivity index (χ1) is 6.43. The number of ether oxygens (including phenoxy) is 1. The molecule has 0 aliphatic heterocycles. The number of aliphatic imine (C=N–C) groups is 1. The van der Waals surface area contributed by atoms with E-state index < -0.39 is 0 Å². The molecule has 0 aromatic carbocycles. The molecule has 4 nitrogen and oxygen atoms in total. The van der Waals surface area contributed by atoms with Gasteiger partial charge in [0.1, 0.15) is 12.4 Å². The molecule has 0 bridgehead atoms. The summed E-state index contributed by atoms with van der Waals surface area (Å²) in [7, 11) is 0. The Labute approximate surface area is 76.2 Å². The van der Waals surface area contributed by atoms with Crippen LogP contribution < -0.4 is 0 Å². The van der Waals surface area contributed by atoms with Crippen LogP contribution in [0.1, 0.15) is 12.2 Å². The molecule has 4 heteroatoms. The Bertz CT molecular complexity index is 262. The van der Waals surface area contributed by atoms with Gasteiger partial charge in [-0.25, -0.2) is 9.79 Å². The van der Waals surface area contributed by atoms with Crippen LogP contribution in [0.4, 0.5) is 0 Å². The lowest BCUT2D eigenvalue weighted by atomic mass is 10.4. The zero-order valence-corrected chi connectivity index (χ0v) is 7.23. The lowest BCUT2D eigenvalue weighted by Crippen LogP contribution is -1.96. The van der Waals surface area contributed by atoms with Crippen molar-refractivity contribution in [1.82, 2.24) is 0 Å². The van der Waals surface area contributed by atoms with Gasteiger partial charge in [-0.1, -0.05) is 0 Å². The molecule has 1 heterocycles. The van der Waals surface area contributed by atoms with Gasteiger partial charge in [0, 0.05) is 6.61 Å². The van der Waals surface area contributed by atoms with Crippen molar-refractivity contribution in [2.75, 3.05) is 13.2 Å². The average Bonchev–Trinajstić information content (AvgIpc) is 2.63. The molecule has 1 aromatic heterocycles. The van der Waals surface area contributed by atoms with Gasteiger partial charge in [0.25, 0.3) is 0 Å². The van der Waals surface area contributed by atoms with E-state index in [4.69, 9.17) is 9.15 Å². The van der Waals surface area contributed by atoms with Gasteiger partial charge < -0.3 is 9.15 Å². The van der Waals surface area contributed by atoms with Crippen molar-refractivity contribution in [3.63, 3.8) is 0 Å². The topological polar surface area (TPSA) is 51.8 Å². The van der Waals surface area contributed by atoms with E-state index >= 15 is 0 Å². The first-order valence-electron chi connectivity index (χ1n) is 4.07. The van der Waals surface area contributed by atoms with E-state index in [1.165, 1.54) is 6.08 Å². The van der Waals surface area contributed by atoms with Gasteiger partial charge in [0.05, 0.1) is 12.8 Å². The van der Waals surface area contributed by atoms with E-state index in [0.29, 0.717) is 19.8 Å². The Hall–Kier alpha value is -1.38. The third-order valence-corrected chi connectivity index (χ3v) is 1.45. The van der Waals surface area contributed by atoms with Crippen LogP contribution in [-0.2, 0) is 16.1 Å². The molecule has 1 rings (SSSR count). The molecule has 0 aliphatic carbocycles. The Morgan fingerprint density at radius 2 is 2.54 bits per heavy atom. The summed E-state index contributed by atoms with van der Waals surface area (Å²) >= 11 is 0. The molecule has 0 saturated carbocycles. The molecule has 13 heavy (non-hydrogen) atoms. The predicted octanol–water partition coefficient (Wildman–Crippen LogP) is 1.52. The smallest absolute Gasteiger partial charge is 0.234 e. The summed E-state index contributed by atoms with van der Waals surface area (Å²) in [6.07, 6.45) is 3.81. The van der Waals surface area contributed by atoms with Crippen LogP contribution in [0.2, 0.25) is 0 Å². The number of hydrogen-bond donors (Lipinski definition) is 0. The second-order valence-corrected chi connectivity index (χ2v) is 2.46.